The minimum Gasteiger partial charge on any atom is -0.443 e. The lowest BCUT2D eigenvalue weighted by atomic mass is 10.2. The SMILES string of the molecule is CC(C)(C)OC(=O)N(C=O)Cc1ccc(N)cc1. The van der Waals surface area contributed by atoms with Gasteiger partial charge in [0, 0.05) is 5.69 Å². The highest BCUT2D eigenvalue weighted by Crippen LogP contribution is 2.12. The molecule has 0 radical (unpaired) electrons. The van der Waals surface area contributed by atoms with E-state index in [1.807, 2.05) is 0 Å². The molecular weight excluding hydrogens is 232 g/mol. The van der Waals surface area contributed by atoms with Gasteiger partial charge in [-0.2, -0.15) is 0 Å². The number of nitrogens with zero attached hydrogens (tertiary/aromatic N) is 1. The minimum atomic E-state index is -0.658. The maximum atomic E-state index is 11.7. The van der Waals surface area contributed by atoms with E-state index in [-0.39, 0.29) is 6.54 Å². The molecule has 5 heteroatoms. The van der Waals surface area contributed by atoms with Crippen LogP contribution >= 0.6 is 0 Å². The Balaban J connectivity index is 2.70. The number of carbonyl (C=O) groups is 2. The molecule has 98 valence electrons. The summed E-state index contributed by atoms with van der Waals surface area (Å²) in [5.74, 6) is 0. The third-order valence-electron chi connectivity index (χ3n) is 2.09. The van der Waals surface area contributed by atoms with E-state index in [4.69, 9.17) is 10.5 Å². The van der Waals surface area contributed by atoms with Crippen LogP contribution in [0.25, 0.3) is 0 Å². The van der Waals surface area contributed by atoms with Crippen LogP contribution in [0, 0.1) is 0 Å². The van der Waals surface area contributed by atoms with Crippen molar-refractivity contribution in [3.8, 4) is 0 Å². The molecule has 0 aliphatic heterocycles. The van der Waals surface area contributed by atoms with Crippen molar-refractivity contribution < 1.29 is 14.3 Å². The quantitative estimate of drug-likeness (QED) is 0.659. The van der Waals surface area contributed by atoms with Crippen molar-refractivity contribution in [3.05, 3.63) is 29.8 Å². The van der Waals surface area contributed by atoms with Gasteiger partial charge in [-0.25, -0.2) is 9.69 Å². The van der Waals surface area contributed by atoms with E-state index >= 15 is 0 Å². The van der Waals surface area contributed by atoms with Crippen LogP contribution in [-0.4, -0.2) is 23.0 Å². The molecule has 0 unspecified atom stereocenters. The van der Waals surface area contributed by atoms with Crippen molar-refractivity contribution >= 4 is 18.2 Å². The summed E-state index contributed by atoms with van der Waals surface area (Å²) >= 11 is 0. The summed E-state index contributed by atoms with van der Waals surface area (Å²) in [5.41, 5.74) is 6.37. The van der Waals surface area contributed by atoms with Crippen LogP contribution in [0.15, 0.2) is 24.3 Å². The number of nitrogen functional groups attached to an aromatic ring is 1. The van der Waals surface area contributed by atoms with Crippen LogP contribution in [0.4, 0.5) is 10.5 Å². The van der Waals surface area contributed by atoms with Gasteiger partial charge in [-0.3, -0.25) is 4.79 Å². The molecular formula is C13H18N2O3. The second-order valence-corrected chi connectivity index (χ2v) is 4.96. The predicted molar refractivity (Wildman–Crippen MR) is 68.7 cm³/mol. The summed E-state index contributed by atoms with van der Waals surface area (Å²) in [4.78, 5) is 23.6. The van der Waals surface area contributed by atoms with E-state index in [2.05, 4.69) is 0 Å². The molecule has 1 aromatic rings. The standard InChI is InChI=1S/C13H18N2O3/c1-13(2,3)18-12(17)15(9-16)8-10-4-6-11(14)7-5-10/h4-7,9H,8,14H2,1-3H3. The fraction of sp³-hybridized carbons (Fsp3) is 0.385. The second-order valence-electron chi connectivity index (χ2n) is 4.96. The number of anilines is 1. The predicted octanol–water partition coefficient (Wildman–Crippen LogP) is 2.16. The Hall–Kier alpha value is -2.04. The van der Waals surface area contributed by atoms with Gasteiger partial charge >= 0.3 is 6.09 Å². The van der Waals surface area contributed by atoms with Crippen LogP contribution in [0.5, 0.6) is 0 Å². The van der Waals surface area contributed by atoms with E-state index in [1.165, 1.54) is 0 Å². The maximum Gasteiger partial charge on any atom is 0.417 e. The summed E-state index contributed by atoms with van der Waals surface area (Å²) in [5, 5.41) is 0. The van der Waals surface area contributed by atoms with Crippen LogP contribution in [0.2, 0.25) is 0 Å². The molecule has 2 amide bonds. The van der Waals surface area contributed by atoms with Gasteiger partial charge in [0.1, 0.15) is 5.60 Å². The molecule has 0 aliphatic carbocycles. The highest BCUT2D eigenvalue weighted by Gasteiger charge is 2.21. The van der Waals surface area contributed by atoms with Crippen molar-refractivity contribution in [2.24, 2.45) is 0 Å². The van der Waals surface area contributed by atoms with Gasteiger partial charge in [0.2, 0.25) is 6.41 Å². The Kier molecular flexibility index (Phi) is 4.31. The first-order valence-corrected chi connectivity index (χ1v) is 5.61. The largest absolute Gasteiger partial charge is 0.443 e. The number of nitrogens with two attached hydrogens (primary N) is 1. The fourth-order valence-corrected chi connectivity index (χ4v) is 1.29. The van der Waals surface area contributed by atoms with E-state index in [0.717, 1.165) is 10.5 Å². The Labute approximate surface area is 107 Å². The van der Waals surface area contributed by atoms with Gasteiger partial charge in [-0.15, -0.1) is 0 Å². The maximum absolute atomic E-state index is 11.7. The average Bonchev–Trinajstić information content (AvgIpc) is 2.25. The molecule has 5 nitrogen and oxygen atoms in total. The monoisotopic (exact) mass is 250 g/mol. The second kappa shape index (κ2) is 5.53. The molecule has 1 aromatic carbocycles. The van der Waals surface area contributed by atoms with E-state index in [9.17, 15) is 9.59 Å². The van der Waals surface area contributed by atoms with Crippen molar-refractivity contribution in [1.82, 2.24) is 4.90 Å². The number of carbonyl (C=O) groups excluding carboxylic acids is 2. The number of benzene rings is 1. The van der Waals surface area contributed by atoms with Gasteiger partial charge in [0.05, 0.1) is 6.54 Å². The zero-order valence-corrected chi connectivity index (χ0v) is 10.8. The summed E-state index contributed by atoms with van der Waals surface area (Å²) in [7, 11) is 0. The number of imide groups is 1. The lowest BCUT2D eigenvalue weighted by Crippen LogP contribution is -2.35. The van der Waals surface area contributed by atoms with E-state index < -0.39 is 11.7 Å². The Morgan fingerprint density at radius 2 is 1.89 bits per heavy atom. The normalized spacial score (nSPS) is 10.8. The molecule has 0 fully saturated rings. The first-order valence-electron chi connectivity index (χ1n) is 5.61. The molecule has 2 N–H and O–H groups in total. The Morgan fingerprint density at radius 3 is 2.33 bits per heavy atom. The van der Waals surface area contributed by atoms with E-state index in [0.29, 0.717) is 12.1 Å². The number of amides is 2. The van der Waals surface area contributed by atoms with Crippen molar-refractivity contribution in [2.75, 3.05) is 5.73 Å². The van der Waals surface area contributed by atoms with Gasteiger partial charge in [0.15, 0.2) is 0 Å². The van der Waals surface area contributed by atoms with Crippen molar-refractivity contribution in [3.63, 3.8) is 0 Å². The lowest BCUT2D eigenvalue weighted by Gasteiger charge is -2.23. The summed E-state index contributed by atoms with van der Waals surface area (Å²) in [6.45, 7) is 5.41. The lowest BCUT2D eigenvalue weighted by molar-refractivity contribution is -0.118. The van der Waals surface area contributed by atoms with Gasteiger partial charge in [-0.1, -0.05) is 12.1 Å². The zero-order valence-electron chi connectivity index (χ0n) is 10.8. The van der Waals surface area contributed by atoms with Crippen LogP contribution < -0.4 is 5.73 Å². The molecule has 0 atom stereocenters. The van der Waals surface area contributed by atoms with Crippen LogP contribution in [0.3, 0.4) is 0 Å². The Bertz CT molecular complexity index is 421. The molecule has 18 heavy (non-hydrogen) atoms. The Morgan fingerprint density at radius 1 is 1.33 bits per heavy atom. The molecule has 0 saturated heterocycles. The third kappa shape index (κ3) is 4.45. The van der Waals surface area contributed by atoms with Crippen molar-refractivity contribution in [1.29, 1.82) is 0 Å². The topological polar surface area (TPSA) is 72.6 Å². The molecule has 0 bridgehead atoms. The fourth-order valence-electron chi connectivity index (χ4n) is 1.29. The first-order chi connectivity index (χ1) is 8.31. The number of hydrogen-bond donors (Lipinski definition) is 1. The van der Waals surface area contributed by atoms with Crippen LogP contribution in [-0.2, 0) is 16.1 Å². The highest BCUT2D eigenvalue weighted by atomic mass is 16.6. The molecule has 1 rings (SSSR count). The van der Waals surface area contributed by atoms with Gasteiger partial charge < -0.3 is 10.5 Å². The first kappa shape index (κ1) is 14.0. The van der Waals surface area contributed by atoms with Crippen molar-refractivity contribution in [2.45, 2.75) is 32.9 Å². The highest BCUT2D eigenvalue weighted by molar-refractivity contribution is 5.80. The molecule has 0 aliphatic rings. The summed E-state index contributed by atoms with van der Waals surface area (Å²) in [6, 6.07) is 6.95. The number of hydrogen-bond acceptors (Lipinski definition) is 4. The molecule has 0 heterocycles. The number of ether oxygens (including phenoxy) is 1. The van der Waals surface area contributed by atoms with E-state index in [1.54, 1.807) is 45.0 Å². The van der Waals surface area contributed by atoms with Gasteiger partial charge in [-0.05, 0) is 38.5 Å². The molecule has 0 aromatic heterocycles. The minimum absolute atomic E-state index is 0.165. The smallest absolute Gasteiger partial charge is 0.417 e. The van der Waals surface area contributed by atoms with Crippen LogP contribution in [0.1, 0.15) is 26.3 Å². The molecule has 0 saturated carbocycles. The van der Waals surface area contributed by atoms with Gasteiger partial charge in [0.25, 0.3) is 0 Å². The summed E-state index contributed by atoms with van der Waals surface area (Å²) < 4.78 is 5.12. The third-order valence-corrected chi connectivity index (χ3v) is 2.09. The zero-order chi connectivity index (χ0) is 13.8. The average molecular weight is 250 g/mol. The number of rotatable bonds is 3. The summed E-state index contributed by atoms with van der Waals surface area (Å²) in [6.07, 6.45) is -0.195. The molecule has 0 spiro atoms.